The summed E-state index contributed by atoms with van der Waals surface area (Å²) in [6, 6.07) is 2.55. The fourth-order valence-corrected chi connectivity index (χ4v) is 4.35. The number of thiophene rings is 1. The van der Waals surface area contributed by atoms with Crippen molar-refractivity contribution in [3.05, 3.63) is 20.8 Å². The first-order valence-corrected chi connectivity index (χ1v) is 8.10. The lowest BCUT2D eigenvalue weighted by molar-refractivity contribution is 0.214. The predicted octanol–water partition coefficient (Wildman–Crippen LogP) is 2.39. The summed E-state index contributed by atoms with van der Waals surface area (Å²) in [4.78, 5) is 6.19. The third-order valence-electron chi connectivity index (χ3n) is 3.71. The van der Waals surface area contributed by atoms with Crippen molar-refractivity contribution in [3.8, 4) is 0 Å². The molecule has 0 saturated carbocycles. The van der Waals surface area contributed by atoms with Crippen LogP contribution in [0.3, 0.4) is 0 Å². The van der Waals surface area contributed by atoms with Gasteiger partial charge in [-0.05, 0) is 55.0 Å². The molecular weight excluding hydrogens is 310 g/mol. The Hall–Kier alpha value is 0.0600. The molecule has 5 heteroatoms. The summed E-state index contributed by atoms with van der Waals surface area (Å²) in [6.07, 6.45) is 1.31. The highest BCUT2D eigenvalue weighted by atomic mass is 79.9. The number of likely N-dealkylation sites (tertiary alicyclic amines) is 1. The Morgan fingerprint density at radius 3 is 2.94 bits per heavy atom. The second-order valence-corrected chi connectivity index (χ2v) is 7.13. The van der Waals surface area contributed by atoms with Gasteiger partial charge in [0.2, 0.25) is 0 Å². The monoisotopic (exact) mass is 331 g/mol. The first-order valence-electron chi connectivity index (χ1n) is 6.43. The molecule has 0 spiro atoms. The summed E-state index contributed by atoms with van der Waals surface area (Å²) in [6.45, 7) is 4.28. The SMILES string of the molecule is CN1CCC(CN(C)C(CN)c2cc(Br)cs2)C1. The lowest BCUT2D eigenvalue weighted by Gasteiger charge is -2.28. The van der Waals surface area contributed by atoms with E-state index in [2.05, 4.69) is 51.3 Å². The van der Waals surface area contributed by atoms with Gasteiger partial charge in [0.1, 0.15) is 0 Å². The van der Waals surface area contributed by atoms with Crippen LogP contribution in [0.4, 0.5) is 0 Å². The second kappa shape index (κ2) is 6.48. The topological polar surface area (TPSA) is 32.5 Å². The van der Waals surface area contributed by atoms with Crippen LogP contribution in [0, 0.1) is 5.92 Å². The molecule has 2 atom stereocenters. The Bertz CT molecular complexity index is 382. The minimum absolute atomic E-state index is 0.354. The fraction of sp³-hybridized carbons (Fsp3) is 0.692. The number of hydrogen-bond donors (Lipinski definition) is 1. The molecule has 0 aromatic carbocycles. The Labute approximate surface area is 122 Å². The van der Waals surface area contributed by atoms with E-state index in [4.69, 9.17) is 5.73 Å². The largest absolute Gasteiger partial charge is 0.329 e. The van der Waals surface area contributed by atoms with Gasteiger partial charge in [0.05, 0.1) is 6.04 Å². The average molecular weight is 332 g/mol. The lowest BCUT2D eigenvalue weighted by Crippen LogP contribution is -2.34. The van der Waals surface area contributed by atoms with Gasteiger partial charge in [-0.15, -0.1) is 11.3 Å². The predicted molar refractivity (Wildman–Crippen MR) is 82.0 cm³/mol. The maximum Gasteiger partial charge on any atom is 0.0562 e. The van der Waals surface area contributed by atoms with Crippen LogP contribution < -0.4 is 5.73 Å². The quantitative estimate of drug-likeness (QED) is 0.899. The van der Waals surface area contributed by atoms with Crippen molar-refractivity contribution in [1.29, 1.82) is 0 Å². The maximum atomic E-state index is 5.96. The number of likely N-dealkylation sites (N-methyl/N-ethyl adjacent to an activating group) is 1. The number of rotatable bonds is 5. The van der Waals surface area contributed by atoms with E-state index in [1.54, 1.807) is 11.3 Å². The highest BCUT2D eigenvalue weighted by Crippen LogP contribution is 2.29. The number of halogens is 1. The van der Waals surface area contributed by atoms with Gasteiger partial charge >= 0.3 is 0 Å². The summed E-state index contributed by atoms with van der Waals surface area (Å²) >= 11 is 5.31. The molecule has 2 N–H and O–H groups in total. The summed E-state index contributed by atoms with van der Waals surface area (Å²) in [5, 5.41) is 2.13. The van der Waals surface area contributed by atoms with Gasteiger partial charge in [-0.2, -0.15) is 0 Å². The molecule has 0 bridgehead atoms. The van der Waals surface area contributed by atoms with E-state index in [-0.39, 0.29) is 0 Å². The Balaban J connectivity index is 1.95. The first-order chi connectivity index (χ1) is 8.60. The summed E-state index contributed by atoms with van der Waals surface area (Å²) < 4.78 is 1.16. The van der Waals surface area contributed by atoms with Crippen molar-refractivity contribution in [2.45, 2.75) is 12.5 Å². The third kappa shape index (κ3) is 3.54. The molecule has 2 rings (SSSR count). The molecule has 18 heavy (non-hydrogen) atoms. The zero-order valence-electron chi connectivity index (χ0n) is 11.1. The maximum absolute atomic E-state index is 5.96. The molecule has 3 nitrogen and oxygen atoms in total. The zero-order valence-corrected chi connectivity index (χ0v) is 13.5. The molecule has 0 amide bonds. The van der Waals surface area contributed by atoms with Crippen molar-refractivity contribution < 1.29 is 0 Å². The van der Waals surface area contributed by atoms with Crippen molar-refractivity contribution in [1.82, 2.24) is 9.80 Å². The molecule has 1 aliphatic heterocycles. The molecule has 1 aliphatic rings. The van der Waals surface area contributed by atoms with E-state index in [1.807, 2.05) is 0 Å². The number of nitrogens with two attached hydrogens (primary N) is 1. The minimum atomic E-state index is 0.354. The van der Waals surface area contributed by atoms with Gasteiger partial charge in [-0.1, -0.05) is 0 Å². The summed E-state index contributed by atoms with van der Waals surface area (Å²) in [7, 11) is 4.40. The second-order valence-electron chi connectivity index (χ2n) is 5.28. The molecule has 2 unspecified atom stereocenters. The minimum Gasteiger partial charge on any atom is -0.329 e. The van der Waals surface area contributed by atoms with Gasteiger partial charge in [-0.3, -0.25) is 4.90 Å². The molecule has 0 aliphatic carbocycles. The Kier molecular flexibility index (Phi) is 5.21. The Morgan fingerprint density at radius 1 is 1.67 bits per heavy atom. The van der Waals surface area contributed by atoms with Gasteiger partial charge in [-0.25, -0.2) is 0 Å². The molecule has 1 saturated heterocycles. The van der Waals surface area contributed by atoms with Gasteiger partial charge < -0.3 is 10.6 Å². The molecule has 2 heterocycles. The van der Waals surface area contributed by atoms with Crippen LogP contribution in [0.1, 0.15) is 17.3 Å². The van der Waals surface area contributed by atoms with Crippen molar-refractivity contribution >= 4 is 27.3 Å². The molecule has 102 valence electrons. The van der Waals surface area contributed by atoms with E-state index >= 15 is 0 Å². The van der Waals surface area contributed by atoms with Crippen LogP contribution in [0.5, 0.6) is 0 Å². The highest BCUT2D eigenvalue weighted by Gasteiger charge is 2.24. The smallest absolute Gasteiger partial charge is 0.0562 e. The number of nitrogens with zero attached hydrogens (tertiary/aromatic N) is 2. The van der Waals surface area contributed by atoms with E-state index in [1.165, 1.54) is 24.4 Å². The van der Waals surface area contributed by atoms with Crippen LogP contribution in [-0.2, 0) is 0 Å². The van der Waals surface area contributed by atoms with Crippen LogP contribution >= 0.6 is 27.3 Å². The standard InChI is InChI=1S/C13H22BrN3S/c1-16-4-3-10(7-16)8-17(2)12(6-15)13-5-11(14)9-18-13/h5,9-10,12H,3-4,6-8,15H2,1-2H3. The van der Waals surface area contributed by atoms with Crippen LogP contribution in [0.25, 0.3) is 0 Å². The van der Waals surface area contributed by atoms with Gasteiger partial charge in [0.15, 0.2) is 0 Å². The van der Waals surface area contributed by atoms with Crippen LogP contribution in [0.2, 0.25) is 0 Å². The van der Waals surface area contributed by atoms with Crippen molar-refractivity contribution in [2.24, 2.45) is 11.7 Å². The lowest BCUT2D eigenvalue weighted by atomic mass is 10.1. The molecular formula is C13H22BrN3S. The summed E-state index contributed by atoms with van der Waals surface area (Å²) in [5.41, 5.74) is 5.96. The van der Waals surface area contributed by atoms with Crippen molar-refractivity contribution in [3.63, 3.8) is 0 Å². The Morgan fingerprint density at radius 2 is 2.44 bits per heavy atom. The molecule has 0 radical (unpaired) electrons. The summed E-state index contributed by atoms with van der Waals surface area (Å²) in [5.74, 6) is 0.789. The van der Waals surface area contributed by atoms with Gasteiger partial charge in [0.25, 0.3) is 0 Å². The molecule has 1 fully saturated rings. The normalized spacial score (nSPS) is 22.8. The number of hydrogen-bond acceptors (Lipinski definition) is 4. The molecule has 1 aromatic heterocycles. The average Bonchev–Trinajstić information content (AvgIpc) is 2.89. The first kappa shape index (κ1) is 14.5. The van der Waals surface area contributed by atoms with Gasteiger partial charge in [0, 0.05) is 34.4 Å². The highest BCUT2D eigenvalue weighted by molar-refractivity contribution is 9.10. The van der Waals surface area contributed by atoms with Crippen LogP contribution in [0.15, 0.2) is 15.9 Å². The molecule has 1 aromatic rings. The van der Waals surface area contributed by atoms with Crippen molar-refractivity contribution in [2.75, 3.05) is 40.3 Å². The third-order valence-corrected chi connectivity index (χ3v) is 5.50. The van der Waals surface area contributed by atoms with E-state index in [0.717, 1.165) is 16.9 Å². The fourth-order valence-electron chi connectivity index (χ4n) is 2.73. The van der Waals surface area contributed by atoms with E-state index in [9.17, 15) is 0 Å². The van der Waals surface area contributed by atoms with E-state index < -0.39 is 0 Å². The van der Waals surface area contributed by atoms with Crippen LogP contribution in [-0.4, -0.2) is 50.1 Å². The zero-order chi connectivity index (χ0) is 13.1. The van der Waals surface area contributed by atoms with E-state index in [0.29, 0.717) is 12.6 Å².